The molecule has 1 aromatic heterocycles. The van der Waals surface area contributed by atoms with Gasteiger partial charge in [-0.05, 0) is 12.8 Å². The van der Waals surface area contributed by atoms with Gasteiger partial charge in [-0.25, -0.2) is 0 Å². The Morgan fingerprint density at radius 1 is 1.19 bits per heavy atom. The Labute approximate surface area is 158 Å². The van der Waals surface area contributed by atoms with Crippen molar-refractivity contribution < 1.29 is 19.0 Å². The second kappa shape index (κ2) is 8.33. The summed E-state index contributed by atoms with van der Waals surface area (Å²) in [6.07, 6.45) is 5.56. The molecule has 1 aliphatic rings. The SMILES string of the molecule is COc1c(CSc2nnc(C3CCCCC3)o2)cc([N+](=O)[O-])cc1[N+](=O)[O-]. The van der Waals surface area contributed by atoms with Crippen LogP contribution in [0.4, 0.5) is 11.4 Å². The van der Waals surface area contributed by atoms with E-state index in [0.717, 1.165) is 43.5 Å². The lowest BCUT2D eigenvalue weighted by Gasteiger charge is -2.17. The molecule has 1 fully saturated rings. The number of nitro groups is 2. The molecule has 1 aliphatic carbocycles. The lowest BCUT2D eigenvalue weighted by atomic mass is 9.89. The molecule has 10 nitrogen and oxygen atoms in total. The summed E-state index contributed by atoms with van der Waals surface area (Å²) in [7, 11) is 1.29. The number of nitro benzene ring substituents is 2. The third-order valence-corrected chi connectivity index (χ3v) is 5.34. The average Bonchev–Trinajstić information content (AvgIpc) is 3.15. The van der Waals surface area contributed by atoms with Crippen LogP contribution in [0.3, 0.4) is 0 Å². The molecule has 0 spiro atoms. The first-order chi connectivity index (χ1) is 13.0. The molecule has 1 heterocycles. The number of rotatable bonds is 7. The van der Waals surface area contributed by atoms with E-state index >= 15 is 0 Å². The molecular weight excluding hydrogens is 376 g/mol. The highest BCUT2D eigenvalue weighted by Crippen LogP contribution is 2.39. The van der Waals surface area contributed by atoms with Crippen LogP contribution < -0.4 is 4.74 Å². The van der Waals surface area contributed by atoms with E-state index in [9.17, 15) is 20.2 Å². The summed E-state index contributed by atoms with van der Waals surface area (Å²) >= 11 is 1.16. The summed E-state index contributed by atoms with van der Waals surface area (Å²) in [4.78, 5) is 20.9. The summed E-state index contributed by atoms with van der Waals surface area (Å²) in [6.45, 7) is 0. The van der Waals surface area contributed by atoms with Crippen LogP contribution in [0.1, 0.15) is 49.5 Å². The first kappa shape index (κ1) is 19.1. The van der Waals surface area contributed by atoms with Gasteiger partial charge in [-0.1, -0.05) is 31.0 Å². The Morgan fingerprint density at radius 2 is 1.93 bits per heavy atom. The number of nitrogens with zero attached hydrogens (tertiary/aromatic N) is 4. The number of methoxy groups -OCH3 is 1. The van der Waals surface area contributed by atoms with Gasteiger partial charge in [0.1, 0.15) is 0 Å². The molecular formula is C16H18N4O6S. The highest BCUT2D eigenvalue weighted by Gasteiger charge is 2.26. The minimum absolute atomic E-state index is 0.00915. The molecule has 0 bridgehead atoms. The number of thioether (sulfide) groups is 1. The fraction of sp³-hybridized carbons (Fsp3) is 0.500. The van der Waals surface area contributed by atoms with E-state index in [2.05, 4.69) is 10.2 Å². The minimum Gasteiger partial charge on any atom is -0.490 e. The van der Waals surface area contributed by atoms with Crippen molar-refractivity contribution in [2.75, 3.05) is 7.11 Å². The predicted octanol–water partition coefficient (Wildman–Crippen LogP) is 4.23. The van der Waals surface area contributed by atoms with Crippen molar-refractivity contribution >= 4 is 23.1 Å². The third-order valence-electron chi connectivity index (χ3n) is 4.47. The highest BCUT2D eigenvalue weighted by molar-refractivity contribution is 7.98. The van der Waals surface area contributed by atoms with Gasteiger partial charge in [-0.15, -0.1) is 10.2 Å². The van der Waals surface area contributed by atoms with Crippen molar-refractivity contribution in [3.8, 4) is 5.75 Å². The molecule has 1 aromatic carbocycles. The van der Waals surface area contributed by atoms with Crippen LogP contribution in [-0.4, -0.2) is 27.2 Å². The molecule has 0 unspecified atom stereocenters. The van der Waals surface area contributed by atoms with Crippen molar-refractivity contribution in [1.82, 2.24) is 10.2 Å². The number of hydrogen-bond donors (Lipinski definition) is 0. The molecule has 27 heavy (non-hydrogen) atoms. The predicted molar refractivity (Wildman–Crippen MR) is 96.0 cm³/mol. The Balaban J connectivity index is 1.79. The smallest absolute Gasteiger partial charge is 0.318 e. The Morgan fingerprint density at radius 3 is 2.56 bits per heavy atom. The fourth-order valence-electron chi connectivity index (χ4n) is 3.17. The second-order valence-electron chi connectivity index (χ2n) is 6.20. The maximum Gasteiger partial charge on any atom is 0.318 e. The van der Waals surface area contributed by atoms with Crippen molar-refractivity contribution in [3.05, 3.63) is 43.8 Å². The molecule has 144 valence electrons. The Hall–Kier alpha value is -2.69. The van der Waals surface area contributed by atoms with Gasteiger partial charge in [-0.3, -0.25) is 20.2 Å². The zero-order valence-corrected chi connectivity index (χ0v) is 15.4. The lowest BCUT2D eigenvalue weighted by Crippen LogP contribution is -2.04. The van der Waals surface area contributed by atoms with Gasteiger partial charge in [0.25, 0.3) is 10.9 Å². The van der Waals surface area contributed by atoms with Crippen LogP contribution in [0.15, 0.2) is 21.8 Å². The normalized spacial score (nSPS) is 14.9. The van der Waals surface area contributed by atoms with E-state index in [-0.39, 0.29) is 23.1 Å². The first-order valence-corrected chi connectivity index (χ1v) is 9.44. The van der Waals surface area contributed by atoms with Gasteiger partial charge in [0, 0.05) is 23.3 Å². The number of ether oxygens (including phenoxy) is 1. The molecule has 1 saturated carbocycles. The quantitative estimate of drug-likeness (QED) is 0.384. The van der Waals surface area contributed by atoms with Gasteiger partial charge in [-0.2, -0.15) is 0 Å². The molecule has 0 aliphatic heterocycles. The summed E-state index contributed by atoms with van der Waals surface area (Å²) in [5.41, 5.74) is -0.497. The van der Waals surface area contributed by atoms with E-state index in [1.165, 1.54) is 19.6 Å². The topological polar surface area (TPSA) is 134 Å². The van der Waals surface area contributed by atoms with Gasteiger partial charge in [0.15, 0.2) is 0 Å². The van der Waals surface area contributed by atoms with E-state index in [1.807, 2.05) is 0 Å². The lowest BCUT2D eigenvalue weighted by molar-refractivity contribution is -0.394. The van der Waals surface area contributed by atoms with Crippen LogP contribution >= 0.6 is 11.8 Å². The van der Waals surface area contributed by atoms with Gasteiger partial charge < -0.3 is 9.15 Å². The summed E-state index contributed by atoms with van der Waals surface area (Å²) in [5.74, 6) is 1.03. The minimum atomic E-state index is -0.701. The van der Waals surface area contributed by atoms with E-state index in [1.54, 1.807) is 0 Å². The van der Waals surface area contributed by atoms with E-state index in [0.29, 0.717) is 16.7 Å². The van der Waals surface area contributed by atoms with Crippen molar-refractivity contribution in [2.45, 2.75) is 49.0 Å². The summed E-state index contributed by atoms with van der Waals surface area (Å²) in [5, 5.41) is 30.7. The van der Waals surface area contributed by atoms with Crippen molar-refractivity contribution in [3.63, 3.8) is 0 Å². The van der Waals surface area contributed by atoms with E-state index in [4.69, 9.17) is 9.15 Å². The Kier molecular flexibility index (Phi) is 5.89. The van der Waals surface area contributed by atoms with Crippen LogP contribution in [0.5, 0.6) is 5.75 Å². The standard InChI is InChI=1S/C16H18N4O6S/c1-25-14-11(7-12(19(21)22)8-13(14)20(23)24)9-27-16-18-17-15(26-16)10-5-3-2-4-6-10/h7-8,10H,2-6,9H2,1H3. The van der Waals surface area contributed by atoms with E-state index < -0.39 is 15.5 Å². The number of aromatic nitrogens is 2. The highest BCUT2D eigenvalue weighted by atomic mass is 32.2. The molecule has 2 aromatic rings. The molecule has 0 radical (unpaired) electrons. The van der Waals surface area contributed by atoms with Crippen LogP contribution in [0.25, 0.3) is 0 Å². The van der Waals surface area contributed by atoms with Crippen molar-refractivity contribution in [1.29, 1.82) is 0 Å². The van der Waals surface area contributed by atoms with Crippen LogP contribution in [0, 0.1) is 20.2 Å². The summed E-state index contributed by atoms with van der Waals surface area (Å²) in [6, 6.07) is 2.15. The summed E-state index contributed by atoms with van der Waals surface area (Å²) < 4.78 is 10.8. The van der Waals surface area contributed by atoms with Crippen LogP contribution in [-0.2, 0) is 5.75 Å². The second-order valence-corrected chi connectivity index (χ2v) is 7.13. The Bertz CT molecular complexity index is 849. The molecule has 3 rings (SSSR count). The van der Waals surface area contributed by atoms with Crippen molar-refractivity contribution in [2.24, 2.45) is 0 Å². The fourth-order valence-corrected chi connectivity index (χ4v) is 3.91. The monoisotopic (exact) mass is 394 g/mol. The zero-order valence-electron chi connectivity index (χ0n) is 14.6. The number of non-ortho nitro benzene ring substituents is 1. The average molecular weight is 394 g/mol. The molecule has 11 heteroatoms. The molecule has 0 atom stereocenters. The number of benzene rings is 1. The molecule has 0 amide bonds. The van der Waals surface area contributed by atoms with Crippen LogP contribution in [0.2, 0.25) is 0 Å². The molecule has 0 N–H and O–H groups in total. The van der Waals surface area contributed by atoms with Gasteiger partial charge in [0.05, 0.1) is 23.0 Å². The maximum absolute atomic E-state index is 11.2. The number of hydrogen-bond acceptors (Lipinski definition) is 9. The third kappa shape index (κ3) is 4.35. The first-order valence-electron chi connectivity index (χ1n) is 8.45. The van der Waals surface area contributed by atoms with Gasteiger partial charge >= 0.3 is 5.69 Å². The zero-order chi connectivity index (χ0) is 19.4. The van der Waals surface area contributed by atoms with Gasteiger partial charge in [0.2, 0.25) is 11.6 Å². The largest absolute Gasteiger partial charge is 0.490 e. The maximum atomic E-state index is 11.2. The molecule has 0 saturated heterocycles.